The lowest BCUT2D eigenvalue weighted by atomic mass is 9.97. The molecule has 0 aromatic rings. The highest BCUT2D eigenvalue weighted by atomic mass is 15.2. The van der Waals surface area contributed by atoms with Crippen molar-refractivity contribution in [3.63, 3.8) is 0 Å². The van der Waals surface area contributed by atoms with Gasteiger partial charge < -0.3 is 10.2 Å². The van der Waals surface area contributed by atoms with Crippen LogP contribution in [0.5, 0.6) is 0 Å². The highest BCUT2D eigenvalue weighted by molar-refractivity contribution is 4.86. The molecule has 2 heteroatoms. The molecular weight excluding hydrogens is 172 g/mol. The molecule has 0 amide bonds. The van der Waals surface area contributed by atoms with Crippen molar-refractivity contribution < 1.29 is 0 Å². The van der Waals surface area contributed by atoms with E-state index in [2.05, 4.69) is 17.1 Å². The summed E-state index contributed by atoms with van der Waals surface area (Å²) in [5, 5.41) is 3.66. The molecule has 1 N–H and O–H groups in total. The highest BCUT2D eigenvalue weighted by Crippen LogP contribution is 2.21. The van der Waals surface area contributed by atoms with Crippen molar-refractivity contribution in [3.05, 3.63) is 0 Å². The van der Waals surface area contributed by atoms with Crippen LogP contribution in [0.2, 0.25) is 0 Å². The van der Waals surface area contributed by atoms with Gasteiger partial charge in [0.2, 0.25) is 0 Å². The minimum absolute atomic E-state index is 0.801. The molecule has 2 unspecified atom stereocenters. The van der Waals surface area contributed by atoms with Crippen LogP contribution in [-0.2, 0) is 0 Å². The molecule has 3 fully saturated rings. The Morgan fingerprint density at radius 3 is 2.86 bits per heavy atom. The van der Waals surface area contributed by atoms with E-state index >= 15 is 0 Å². The Kier molecular flexibility index (Phi) is 3.82. The zero-order chi connectivity index (χ0) is 9.80. The van der Waals surface area contributed by atoms with E-state index in [9.17, 15) is 0 Å². The summed E-state index contributed by atoms with van der Waals surface area (Å²) in [6, 6.07) is 0.801. The lowest BCUT2D eigenvalue weighted by molar-refractivity contribution is 0.258. The van der Waals surface area contributed by atoms with E-state index in [1.165, 1.54) is 58.3 Å². The molecule has 2 bridgehead atoms. The van der Waals surface area contributed by atoms with Gasteiger partial charge in [0, 0.05) is 19.1 Å². The van der Waals surface area contributed by atoms with Crippen LogP contribution in [-0.4, -0.2) is 37.1 Å². The lowest BCUT2D eigenvalue weighted by Gasteiger charge is -2.23. The number of hydrogen-bond acceptors (Lipinski definition) is 2. The first-order valence-corrected chi connectivity index (χ1v) is 6.34. The zero-order valence-electron chi connectivity index (χ0n) is 9.47. The quantitative estimate of drug-likeness (QED) is 0.690. The number of rotatable bonds is 4. The first-order chi connectivity index (χ1) is 6.88. The molecule has 2 atom stereocenters. The summed E-state index contributed by atoms with van der Waals surface area (Å²) in [5.74, 6) is 0.940. The van der Waals surface area contributed by atoms with Crippen LogP contribution >= 0.6 is 0 Å². The maximum absolute atomic E-state index is 3.66. The summed E-state index contributed by atoms with van der Waals surface area (Å²) in [7, 11) is 0. The number of nitrogens with zero attached hydrogens (tertiary/aromatic N) is 1. The minimum atomic E-state index is 0.801. The topological polar surface area (TPSA) is 15.3 Å². The second-order valence-electron chi connectivity index (χ2n) is 5.02. The van der Waals surface area contributed by atoms with E-state index in [0.717, 1.165) is 12.0 Å². The van der Waals surface area contributed by atoms with E-state index in [-0.39, 0.29) is 0 Å². The molecule has 82 valence electrons. The van der Waals surface area contributed by atoms with E-state index in [1.807, 2.05) is 0 Å². The Morgan fingerprint density at radius 2 is 2.14 bits per heavy atom. The maximum Gasteiger partial charge on any atom is 0.0195 e. The second-order valence-corrected chi connectivity index (χ2v) is 5.02. The fourth-order valence-corrected chi connectivity index (χ4v) is 2.81. The van der Waals surface area contributed by atoms with Gasteiger partial charge in [0.05, 0.1) is 0 Å². The highest BCUT2D eigenvalue weighted by Gasteiger charge is 2.28. The Balaban J connectivity index is 1.76. The molecule has 0 aliphatic carbocycles. The van der Waals surface area contributed by atoms with Crippen molar-refractivity contribution in [2.45, 2.75) is 45.1 Å². The van der Waals surface area contributed by atoms with E-state index in [4.69, 9.17) is 0 Å². The fourth-order valence-electron chi connectivity index (χ4n) is 2.81. The summed E-state index contributed by atoms with van der Waals surface area (Å²) in [5.41, 5.74) is 0. The summed E-state index contributed by atoms with van der Waals surface area (Å²) in [6.07, 6.45) is 7.02. The number of fused-ring (bicyclic) bond motifs is 4. The van der Waals surface area contributed by atoms with Crippen molar-refractivity contribution in [2.75, 3.05) is 26.2 Å². The zero-order valence-corrected chi connectivity index (χ0v) is 9.47. The molecule has 0 saturated carbocycles. The maximum atomic E-state index is 3.66. The SMILES string of the molecule is CCCCCN1CC2CCC(C1)NC2. The second kappa shape index (κ2) is 5.13. The van der Waals surface area contributed by atoms with Crippen molar-refractivity contribution >= 4 is 0 Å². The third kappa shape index (κ3) is 2.71. The van der Waals surface area contributed by atoms with Gasteiger partial charge in [-0.15, -0.1) is 0 Å². The average Bonchev–Trinajstić information content (AvgIpc) is 2.50. The van der Waals surface area contributed by atoms with Gasteiger partial charge in [0.1, 0.15) is 0 Å². The molecule has 0 aromatic carbocycles. The number of nitrogens with one attached hydrogen (secondary N) is 1. The van der Waals surface area contributed by atoms with Crippen LogP contribution in [0.1, 0.15) is 39.0 Å². The Bertz CT molecular complexity index is 148. The van der Waals surface area contributed by atoms with Crippen LogP contribution in [0.4, 0.5) is 0 Å². The predicted molar refractivity (Wildman–Crippen MR) is 60.5 cm³/mol. The molecule has 0 spiro atoms. The summed E-state index contributed by atoms with van der Waals surface area (Å²) in [6.45, 7) is 7.55. The Morgan fingerprint density at radius 1 is 1.21 bits per heavy atom. The molecule has 3 rings (SSSR count). The Hall–Kier alpha value is -0.0800. The molecule has 3 aliphatic heterocycles. The predicted octanol–water partition coefficient (Wildman–Crippen LogP) is 1.86. The van der Waals surface area contributed by atoms with Gasteiger partial charge >= 0.3 is 0 Å². The van der Waals surface area contributed by atoms with Gasteiger partial charge in [-0.05, 0) is 38.3 Å². The van der Waals surface area contributed by atoms with Crippen LogP contribution < -0.4 is 5.32 Å². The lowest BCUT2D eigenvalue weighted by Crippen LogP contribution is -2.39. The standard InChI is InChI=1S/C12H24N2/c1-2-3-4-7-14-9-11-5-6-12(10-14)13-8-11/h11-13H,2-10H2,1H3. The summed E-state index contributed by atoms with van der Waals surface area (Å²) in [4.78, 5) is 2.69. The molecule has 3 heterocycles. The molecule has 0 radical (unpaired) electrons. The number of hydrogen-bond donors (Lipinski definition) is 1. The monoisotopic (exact) mass is 196 g/mol. The smallest absolute Gasteiger partial charge is 0.0195 e. The van der Waals surface area contributed by atoms with Gasteiger partial charge in [0.15, 0.2) is 0 Å². The largest absolute Gasteiger partial charge is 0.312 e. The minimum Gasteiger partial charge on any atom is -0.312 e. The first kappa shape index (κ1) is 10.4. The average molecular weight is 196 g/mol. The van der Waals surface area contributed by atoms with Crippen molar-refractivity contribution in [1.82, 2.24) is 10.2 Å². The molecule has 3 aliphatic rings. The fraction of sp³-hybridized carbons (Fsp3) is 1.00. The van der Waals surface area contributed by atoms with Crippen LogP contribution in [0.25, 0.3) is 0 Å². The number of piperidine rings is 1. The van der Waals surface area contributed by atoms with E-state index in [0.29, 0.717) is 0 Å². The van der Waals surface area contributed by atoms with Crippen molar-refractivity contribution in [3.8, 4) is 0 Å². The van der Waals surface area contributed by atoms with Crippen molar-refractivity contribution in [1.29, 1.82) is 0 Å². The summed E-state index contributed by atoms with van der Waals surface area (Å²) < 4.78 is 0. The van der Waals surface area contributed by atoms with E-state index in [1.54, 1.807) is 0 Å². The van der Waals surface area contributed by atoms with Gasteiger partial charge in [-0.1, -0.05) is 19.8 Å². The van der Waals surface area contributed by atoms with Crippen molar-refractivity contribution in [2.24, 2.45) is 5.92 Å². The first-order valence-electron chi connectivity index (χ1n) is 6.34. The molecular formula is C12H24N2. The van der Waals surface area contributed by atoms with Gasteiger partial charge in [-0.3, -0.25) is 0 Å². The van der Waals surface area contributed by atoms with Gasteiger partial charge in [0.25, 0.3) is 0 Å². The van der Waals surface area contributed by atoms with Crippen LogP contribution in [0.15, 0.2) is 0 Å². The molecule has 2 nitrogen and oxygen atoms in total. The number of unbranched alkanes of at least 4 members (excludes halogenated alkanes) is 2. The Labute approximate surface area is 88.1 Å². The third-order valence-electron chi connectivity index (χ3n) is 3.69. The van der Waals surface area contributed by atoms with Gasteiger partial charge in [-0.2, -0.15) is 0 Å². The molecule has 3 saturated heterocycles. The third-order valence-corrected chi connectivity index (χ3v) is 3.69. The molecule has 14 heavy (non-hydrogen) atoms. The summed E-state index contributed by atoms with van der Waals surface area (Å²) >= 11 is 0. The normalized spacial score (nSPS) is 33.2. The molecule has 0 aromatic heterocycles. The van der Waals surface area contributed by atoms with E-state index < -0.39 is 0 Å². The van der Waals surface area contributed by atoms with Gasteiger partial charge in [-0.25, -0.2) is 0 Å². The van der Waals surface area contributed by atoms with Crippen LogP contribution in [0, 0.1) is 5.92 Å². The van der Waals surface area contributed by atoms with Crippen LogP contribution in [0.3, 0.4) is 0 Å².